The fraction of sp³-hybridized carbons (Fsp3) is 0.267. The minimum absolute atomic E-state index is 0.586. The first-order chi connectivity index (χ1) is 9.70. The Kier molecular flexibility index (Phi) is 6.02. The summed E-state index contributed by atoms with van der Waals surface area (Å²) in [6, 6.07) is 9.75. The lowest BCUT2D eigenvalue weighted by atomic mass is 10.3. The number of hydrogen-bond acceptors (Lipinski definition) is 3. The summed E-state index contributed by atoms with van der Waals surface area (Å²) in [6.45, 7) is 3.07. The van der Waals surface area contributed by atoms with Crippen LogP contribution in [0.15, 0.2) is 41.4 Å². The molecule has 106 valence electrons. The molecule has 1 aromatic carbocycles. The van der Waals surface area contributed by atoms with Gasteiger partial charge in [0.2, 0.25) is 0 Å². The number of benzene rings is 1. The highest BCUT2D eigenvalue weighted by atomic mass is 35.5. The van der Waals surface area contributed by atoms with Crippen LogP contribution in [0.1, 0.15) is 18.9 Å². The maximum Gasteiger partial charge on any atom is 0.129 e. The summed E-state index contributed by atoms with van der Waals surface area (Å²) in [4.78, 5) is 5.49. The summed E-state index contributed by atoms with van der Waals surface area (Å²) in [7, 11) is 0. The van der Waals surface area contributed by atoms with E-state index in [9.17, 15) is 0 Å². The van der Waals surface area contributed by atoms with Gasteiger partial charge in [0.15, 0.2) is 0 Å². The van der Waals surface area contributed by atoms with Gasteiger partial charge in [0.1, 0.15) is 5.82 Å². The molecule has 2 nitrogen and oxygen atoms in total. The van der Waals surface area contributed by atoms with Gasteiger partial charge >= 0.3 is 0 Å². The highest BCUT2D eigenvalue weighted by Gasteiger charge is 2.05. The average molecular weight is 327 g/mol. The van der Waals surface area contributed by atoms with Crippen molar-refractivity contribution in [3.05, 3.63) is 52.1 Å². The summed E-state index contributed by atoms with van der Waals surface area (Å²) in [5.74, 6) is 1.81. The van der Waals surface area contributed by atoms with E-state index in [0.717, 1.165) is 29.4 Å². The second-order valence-electron chi connectivity index (χ2n) is 4.30. The monoisotopic (exact) mass is 326 g/mol. The summed E-state index contributed by atoms with van der Waals surface area (Å²) in [5, 5.41) is 4.52. The molecular formula is C15H16Cl2N2S. The number of nitrogens with one attached hydrogen (secondary N) is 1. The number of rotatable bonds is 6. The zero-order valence-corrected chi connectivity index (χ0v) is 13.5. The van der Waals surface area contributed by atoms with Gasteiger partial charge < -0.3 is 5.32 Å². The zero-order chi connectivity index (χ0) is 14.4. The van der Waals surface area contributed by atoms with E-state index in [0.29, 0.717) is 10.0 Å². The van der Waals surface area contributed by atoms with Gasteiger partial charge in [-0.05, 0) is 30.7 Å². The fourth-order valence-electron chi connectivity index (χ4n) is 1.69. The second kappa shape index (κ2) is 7.77. The molecule has 0 unspecified atom stereocenters. The van der Waals surface area contributed by atoms with Gasteiger partial charge in [-0.25, -0.2) is 4.98 Å². The Morgan fingerprint density at radius 3 is 2.80 bits per heavy atom. The zero-order valence-electron chi connectivity index (χ0n) is 11.2. The number of pyridine rings is 1. The average Bonchev–Trinajstić information content (AvgIpc) is 2.47. The molecule has 0 atom stereocenters. The van der Waals surface area contributed by atoms with E-state index in [1.54, 1.807) is 11.8 Å². The maximum atomic E-state index is 6.03. The predicted molar refractivity (Wildman–Crippen MR) is 89.0 cm³/mol. The van der Waals surface area contributed by atoms with E-state index in [-0.39, 0.29) is 0 Å². The van der Waals surface area contributed by atoms with Crippen molar-refractivity contribution >= 4 is 40.8 Å². The molecule has 0 spiro atoms. The first-order valence-corrected chi connectivity index (χ1v) is 8.20. The van der Waals surface area contributed by atoms with Crippen molar-refractivity contribution in [1.29, 1.82) is 0 Å². The van der Waals surface area contributed by atoms with Crippen LogP contribution in [0.3, 0.4) is 0 Å². The summed E-state index contributed by atoms with van der Waals surface area (Å²) < 4.78 is 0. The first kappa shape index (κ1) is 15.5. The molecule has 0 aliphatic carbocycles. The molecule has 20 heavy (non-hydrogen) atoms. The van der Waals surface area contributed by atoms with Gasteiger partial charge in [-0.3, -0.25) is 0 Å². The molecule has 1 N–H and O–H groups in total. The lowest BCUT2D eigenvalue weighted by Crippen LogP contribution is -2.04. The van der Waals surface area contributed by atoms with Gasteiger partial charge in [-0.2, -0.15) is 0 Å². The molecule has 0 amide bonds. The van der Waals surface area contributed by atoms with Crippen LogP contribution in [0.5, 0.6) is 0 Å². The van der Waals surface area contributed by atoms with Crippen molar-refractivity contribution in [2.24, 2.45) is 0 Å². The van der Waals surface area contributed by atoms with Crippen LogP contribution < -0.4 is 5.32 Å². The topological polar surface area (TPSA) is 24.9 Å². The van der Waals surface area contributed by atoms with Gasteiger partial charge in [0, 0.05) is 29.0 Å². The molecule has 1 heterocycles. The van der Waals surface area contributed by atoms with Crippen molar-refractivity contribution in [2.75, 3.05) is 11.9 Å². The van der Waals surface area contributed by atoms with Crippen LogP contribution in [-0.2, 0) is 5.75 Å². The number of nitrogens with zero attached hydrogens (tertiary/aromatic N) is 1. The number of halogens is 2. The first-order valence-electron chi connectivity index (χ1n) is 6.46. The molecule has 0 radical (unpaired) electrons. The minimum atomic E-state index is 0.586. The van der Waals surface area contributed by atoms with Crippen molar-refractivity contribution in [2.45, 2.75) is 24.0 Å². The van der Waals surface area contributed by atoms with Crippen molar-refractivity contribution in [3.8, 4) is 0 Å². The van der Waals surface area contributed by atoms with Crippen LogP contribution >= 0.6 is 35.0 Å². The SMILES string of the molecule is CCCNc1ncccc1CSc1ccc(Cl)c(Cl)c1. The Bertz CT molecular complexity index is 576. The van der Waals surface area contributed by atoms with E-state index in [1.165, 1.54) is 5.56 Å². The van der Waals surface area contributed by atoms with Gasteiger partial charge in [-0.1, -0.05) is 36.2 Å². The Morgan fingerprint density at radius 1 is 1.20 bits per heavy atom. The Balaban J connectivity index is 2.04. The standard InChI is InChI=1S/C15H16Cl2N2S/c1-2-7-18-15-11(4-3-8-19-15)10-20-12-5-6-13(16)14(17)9-12/h3-6,8-9H,2,7,10H2,1H3,(H,18,19). The van der Waals surface area contributed by atoms with Crippen molar-refractivity contribution in [3.63, 3.8) is 0 Å². The van der Waals surface area contributed by atoms with Crippen LogP contribution in [-0.4, -0.2) is 11.5 Å². The molecule has 0 saturated heterocycles. The van der Waals surface area contributed by atoms with Crippen LogP contribution in [0, 0.1) is 0 Å². The summed E-state index contributed by atoms with van der Waals surface area (Å²) >= 11 is 13.7. The van der Waals surface area contributed by atoms with Gasteiger partial charge in [0.25, 0.3) is 0 Å². The number of thioether (sulfide) groups is 1. The largest absolute Gasteiger partial charge is 0.370 e. The third kappa shape index (κ3) is 4.30. The fourth-order valence-corrected chi connectivity index (χ4v) is 2.97. The molecular weight excluding hydrogens is 311 g/mol. The van der Waals surface area contributed by atoms with Gasteiger partial charge in [-0.15, -0.1) is 11.8 Å². The third-order valence-corrected chi connectivity index (χ3v) is 4.50. The van der Waals surface area contributed by atoms with Crippen LogP contribution in [0.25, 0.3) is 0 Å². The van der Waals surface area contributed by atoms with Crippen molar-refractivity contribution in [1.82, 2.24) is 4.98 Å². The summed E-state index contributed by atoms with van der Waals surface area (Å²) in [6.07, 6.45) is 2.89. The normalized spacial score (nSPS) is 10.6. The molecule has 0 saturated carbocycles. The maximum absolute atomic E-state index is 6.03. The lowest BCUT2D eigenvalue weighted by molar-refractivity contribution is 0.965. The number of hydrogen-bond donors (Lipinski definition) is 1. The highest BCUT2D eigenvalue weighted by Crippen LogP contribution is 2.30. The second-order valence-corrected chi connectivity index (χ2v) is 6.17. The number of aromatic nitrogens is 1. The molecule has 0 aliphatic heterocycles. The molecule has 0 bridgehead atoms. The van der Waals surface area contributed by atoms with E-state index in [4.69, 9.17) is 23.2 Å². The van der Waals surface area contributed by atoms with Crippen molar-refractivity contribution < 1.29 is 0 Å². The molecule has 2 rings (SSSR count). The van der Waals surface area contributed by atoms with Crippen LogP contribution in [0.2, 0.25) is 10.0 Å². The van der Waals surface area contributed by atoms with E-state index >= 15 is 0 Å². The molecule has 2 aromatic rings. The van der Waals surface area contributed by atoms with E-state index in [1.807, 2.05) is 30.5 Å². The quantitative estimate of drug-likeness (QED) is 0.709. The molecule has 0 fully saturated rings. The Hall–Kier alpha value is -0.900. The lowest BCUT2D eigenvalue weighted by Gasteiger charge is -2.10. The predicted octanol–water partition coefficient (Wildman–Crippen LogP) is 5.50. The summed E-state index contributed by atoms with van der Waals surface area (Å²) in [5.41, 5.74) is 1.19. The van der Waals surface area contributed by atoms with E-state index in [2.05, 4.69) is 23.3 Å². The molecule has 1 aromatic heterocycles. The molecule has 0 aliphatic rings. The Labute approximate surface area is 133 Å². The van der Waals surface area contributed by atoms with Gasteiger partial charge in [0.05, 0.1) is 10.0 Å². The highest BCUT2D eigenvalue weighted by molar-refractivity contribution is 7.98. The number of anilines is 1. The minimum Gasteiger partial charge on any atom is -0.370 e. The van der Waals surface area contributed by atoms with Crippen LogP contribution in [0.4, 0.5) is 5.82 Å². The Morgan fingerprint density at radius 2 is 2.05 bits per heavy atom. The molecule has 5 heteroatoms. The third-order valence-electron chi connectivity index (χ3n) is 2.72. The smallest absolute Gasteiger partial charge is 0.129 e. The van der Waals surface area contributed by atoms with E-state index < -0.39 is 0 Å².